The first-order chi connectivity index (χ1) is 8.88. The number of nitrogens with two attached hydrogens (primary N) is 1. The van der Waals surface area contributed by atoms with Crippen LogP contribution in [0.1, 0.15) is 32.6 Å². The number of sulfonamides is 1. The first-order valence-electron chi connectivity index (χ1n) is 6.46. The molecule has 19 heavy (non-hydrogen) atoms. The van der Waals surface area contributed by atoms with E-state index in [1.807, 2.05) is 0 Å². The lowest BCUT2D eigenvalue weighted by Gasteiger charge is -2.26. The normalized spacial score (nSPS) is 24.3. The third-order valence-electron chi connectivity index (χ3n) is 3.58. The van der Waals surface area contributed by atoms with Gasteiger partial charge in [-0.25, -0.2) is 17.5 Å². The predicted molar refractivity (Wildman–Crippen MR) is 72.6 cm³/mol. The van der Waals surface area contributed by atoms with Crippen molar-refractivity contribution >= 4 is 15.7 Å². The minimum atomic E-state index is -3.81. The monoisotopic (exact) mass is 286 g/mol. The summed E-state index contributed by atoms with van der Waals surface area (Å²) in [5.41, 5.74) is 5.63. The third kappa shape index (κ3) is 3.45. The second-order valence-corrected chi connectivity index (χ2v) is 6.95. The number of rotatable bonds is 3. The lowest BCUT2D eigenvalue weighted by molar-refractivity contribution is 0.332. The molecular weight excluding hydrogens is 267 g/mol. The Kier molecular flexibility index (Phi) is 4.10. The second kappa shape index (κ2) is 5.46. The van der Waals surface area contributed by atoms with Crippen LogP contribution in [0.15, 0.2) is 23.1 Å². The second-order valence-electron chi connectivity index (χ2n) is 5.27. The highest BCUT2D eigenvalue weighted by Gasteiger charge is 2.26. The largest absolute Gasteiger partial charge is 0.399 e. The maximum atomic E-state index is 13.7. The molecule has 1 aromatic carbocycles. The van der Waals surface area contributed by atoms with Crippen molar-refractivity contribution in [2.75, 3.05) is 5.73 Å². The van der Waals surface area contributed by atoms with Gasteiger partial charge in [0.2, 0.25) is 10.0 Å². The predicted octanol–water partition coefficient (Wildman–Crippen LogP) is 2.26. The Morgan fingerprint density at radius 2 is 1.89 bits per heavy atom. The van der Waals surface area contributed by atoms with E-state index in [1.54, 1.807) is 0 Å². The van der Waals surface area contributed by atoms with Crippen molar-refractivity contribution in [2.24, 2.45) is 5.92 Å². The molecule has 6 heteroatoms. The van der Waals surface area contributed by atoms with Gasteiger partial charge < -0.3 is 5.73 Å². The fourth-order valence-electron chi connectivity index (χ4n) is 2.40. The Morgan fingerprint density at radius 1 is 1.26 bits per heavy atom. The Labute approximate surface area is 113 Å². The topological polar surface area (TPSA) is 72.2 Å². The van der Waals surface area contributed by atoms with Crippen LogP contribution in [0, 0.1) is 11.7 Å². The van der Waals surface area contributed by atoms with Crippen molar-refractivity contribution in [1.29, 1.82) is 0 Å². The fourth-order valence-corrected chi connectivity index (χ4v) is 3.76. The van der Waals surface area contributed by atoms with Gasteiger partial charge in [0.1, 0.15) is 10.7 Å². The van der Waals surface area contributed by atoms with E-state index in [0.29, 0.717) is 5.92 Å². The number of nitrogens with one attached hydrogen (secondary N) is 1. The van der Waals surface area contributed by atoms with Gasteiger partial charge >= 0.3 is 0 Å². The van der Waals surface area contributed by atoms with Crippen LogP contribution in [0.2, 0.25) is 0 Å². The molecule has 0 spiro atoms. The van der Waals surface area contributed by atoms with E-state index in [2.05, 4.69) is 11.6 Å². The Balaban J connectivity index is 2.14. The van der Waals surface area contributed by atoms with E-state index in [0.717, 1.165) is 31.7 Å². The number of hydrogen-bond donors (Lipinski definition) is 2. The quantitative estimate of drug-likeness (QED) is 0.837. The highest BCUT2D eigenvalue weighted by molar-refractivity contribution is 7.89. The molecule has 106 valence electrons. The van der Waals surface area contributed by atoms with Gasteiger partial charge in [0.05, 0.1) is 0 Å². The maximum absolute atomic E-state index is 13.7. The van der Waals surface area contributed by atoms with Gasteiger partial charge in [-0.05, 0) is 49.8 Å². The summed E-state index contributed by atoms with van der Waals surface area (Å²) in [4.78, 5) is -0.333. The number of anilines is 1. The minimum absolute atomic E-state index is 0.0989. The summed E-state index contributed by atoms with van der Waals surface area (Å²) in [5, 5.41) is 0. The van der Waals surface area contributed by atoms with Crippen molar-refractivity contribution in [3.63, 3.8) is 0 Å². The zero-order valence-corrected chi connectivity index (χ0v) is 11.7. The highest BCUT2D eigenvalue weighted by atomic mass is 32.2. The third-order valence-corrected chi connectivity index (χ3v) is 5.14. The molecule has 3 N–H and O–H groups in total. The summed E-state index contributed by atoms with van der Waals surface area (Å²) >= 11 is 0. The summed E-state index contributed by atoms with van der Waals surface area (Å²) in [6.07, 6.45) is 3.60. The molecule has 0 radical (unpaired) electrons. The molecule has 0 aliphatic heterocycles. The molecule has 0 atom stereocenters. The van der Waals surface area contributed by atoms with Crippen LogP contribution in [0.4, 0.5) is 10.1 Å². The number of hydrogen-bond acceptors (Lipinski definition) is 3. The van der Waals surface area contributed by atoms with Crippen LogP contribution in [-0.2, 0) is 10.0 Å². The standard InChI is InChI=1S/C13H19FN2O2S/c1-9-2-5-11(6-3-9)16-19(17,18)13-7-4-10(15)8-12(13)14/h4,7-9,11,16H,2-3,5-6,15H2,1H3. The van der Waals surface area contributed by atoms with Crippen molar-refractivity contribution in [2.45, 2.75) is 43.5 Å². The lowest BCUT2D eigenvalue weighted by Crippen LogP contribution is -2.37. The molecule has 1 aromatic rings. The van der Waals surface area contributed by atoms with Gasteiger partial charge in [0.25, 0.3) is 0 Å². The van der Waals surface area contributed by atoms with Gasteiger partial charge in [-0.1, -0.05) is 6.92 Å². The average Bonchev–Trinajstić information content (AvgIpc) is 2.31. The molecule has 0 amide bonds. The first kappa shape index (κ1) is 14.3. The van der Waals surface area contributed by atoms with E-state index in [-0.39, 0.29) is 16.6 Å². The molecule has 1 saturated carbocycles. The first-order valence-corrected chi connectivity index (χ1v) is 7.94. The van der Waals surface area contributed by atoms with Gasteiger partial charge in [-0.2, -0.15) is 0 Å². The Morgan fingerprint density at radius 3 is 2.47 bits per heavy atom. The molecule has 0 aromatic heterocycles. The van der Waals surface area contributed by atoms with Gasteiger partial charge in [0, 0.05) is 11.7 Å². The minimum Gasteiger partial charge on any atom is -0.399 e. The average molecular weight is 286 g/mol. The van der Waals surface area contributed by atoms with Crippen LogP contribution in [0.5, 0.6) is 0 Å². The molecule has 1 fully saturated rings. The summed E-state index contributed by atoms with van der Waals surface area (Å²) in [6.45, 7) is 2.16. The van der Waals surface area contributed by atoms with Gasteiger partial charge in [0.15, 0.2) is 0 Å². The molecule has 0 saturated heterocycles. The number of halogens is 1. The molecule has 4 nitrogen and oxygen atoms in total. The van der Waals surface area contributed by atoms with Crippen LogP contribution < -0.4 is 10.5 Å². The van der Waals surface area contributed by atoms with Crippen molar-refractivity contribution in [1.82, 2.24) is 4.72 Å². The van der Waals surface area contributed by atoms with Crippen LogP contribution in [0.25, 0.3) is 0 Å². The van der Waals surface area contributed by atoms with E-state index in [4.69, 9.17) is 5.73 Å². The molecule has 0 bridgehead atoms. The fraction of sp³-hybridized carbons (Fsp3) is 0.538. The summed E-state index contributed by atoms with van der Waals surface area (Å²) < 4.78 is 40.5. The maximum Gasteiger partial charge on any atom is 0.243 e. The van der Waals surface area contributed by atoms with E-state index in [1.165, 1.54) is 12.1 Å². The van der Waals surface area contributed by atoms with Gasteiger partial charge in [-0.15, -0.1) is 0 Å². The molecule has 1 aliphatic rings. The smallest absolute Gasteiger partial charge is 0.243 e. The molecule has 0 unspecified atom stereocenters. The van der Waals surface area contributed by atoms with E-state index < -0.39 is 15.8 Å². The van der Waals surface area contributed by atoms with E-state index in [9.17, 15) is 12.8 Å². The lowest BCUT2D eigenvalue weighted by atomic mass is 9.88. The summed E-state index contributed by atoms with van der Waals surface area (Å²) in [5.74, 6) is -0.175. The van der Waals surface area contributed by atoms with Crippen molar-refractivity contribution in [3.05, 3.63) is 24.0 Å². The van der Waals surface area contributed by atoms with E-state index >= 15 is 0 Å². The zero-order valence-electron chi connectivity index (χ0n) is 10.9. The Hall–Kier alpha value is -1.14. The van der Waals surface area contributed by atoms with Crippen molar-refractivity contribution in [3.8, 4) is 0 Å². The summed E-state index contributed by atoms with van der Waals surface area (Å²) in [7, 11) is -3.81. The van der Waals surface area contributed by atoms with Crippen LogP contribution in [0.3, 0.4) is 0 Å². The SMILES string of the molecule is CC1CCC(NS(=O)(=O)c2ccc(N)cc2F)CC1. The van der Waals surface area contributed by atoms with Crippen LogP contribution >= 0.6 is 0 Å². The molecule has 1 aliphatic carbocycles. The van der Waals surface area contributed by atoms with Crippen molar-refractivity contribution < 1.29 is 12.8 Å². The summed E-state index contributed by atoms with van der Waals surface area (Å²) in [6, 6.07) is 3.52. The zero-order chi connectivity index (χ0) is 14.0. The highest BCUT2D eigenvalue weighted by Crippen LogP contribution is 2.25. The molecular formula is C13H19FN2O2S. The van der Waals surface area contributed by atoms with Gasteiger partial charge in [-0.3, -0.25) is 0 Å². The number of nitrogen functional groups attached to an aromatic ring is 1. The Bertz CT molecular complexity index is 552. The van der Waals surface area contributed by atoms with Crippen LogP contribution in [-0.4, -0.2) is 14.5 Å². The number of benzene rings is 1. The molecule has 0 heterocycles. The molecule has 2 rings (SSSR count).